The van der Waals surface area contributed by atoms with Gasteiger partial charge < -0.3 is 19.4 Å². The van der Waals surface area contributed by atoms with Gasteiger partial charge in [-0.2, -0.15) is 0 Å². The van der Waals surface area contributed by atoms with Gasteiger partial charge in [-0.25, -0.2) is 0 Å². The summed E-state index contributed by atoms with van der Waals surface area (Å²) in [5.74, 6) is 0.591. The second-order valence-corrected chi connectivity index (χ2v) is 9.19. The first-order chi connectivity index (χ1) is 14.2. The summed E-state index contributed by atoms with van der Waals surface area (Å²) in [4.78, 5) is 12.2. The van der Waals surface area contributed by atoms with Gasteiger partial charge >= 0.3 is 7.12 Å². The summed E-state index contributed by atoms with van der Waals surface area (Å²) < 4.78 is 18.1. The fourth-order valence-electron chi connectivity index (χ4n) is 3.80. The number of fused-ring (bicyclic) bond motifs is 1. The molecule has 5 nitrogen and oxygen atoms in total. The number of rotatable bonds is 5. The van der Waals surface area contributed by atoms with E-state index in [1.165, 1.54) is 0 Å². The Kier molecular flexibility index (Phi) is 5.64. The summed E-state index contributed by atoms with van der Waals surface area (Å²) >= 11 is 0. The Balaban J connectivity index is 1.43. The van der Waals surface area contributed by atoms with Crippen molar-refractivity contribution in [1.29, 1.82) is 0 Å². The fourth-order valence-corrected chi connectivity index (χ4v) is 3.80. The molecule has 0 aromatic heterocycles. The molecule has 4 rings (SSSR count). The summed E-state index contributed by atoms with van der Waals surface area (Å²) in [6, 6.07) is 12.2. The molecule has 0 spiro atoms. The quantitative estimate of drug-likeness (QED) is 0.606. The number of hydrogen-bond donors (Lipinski definition) is 1. The lowest BCUT2D eigenvalue weighted by Crippen LogP contribution is -2.41. The number of hydrogen-bond acceptors (Lipinski definition) is 4. The van der Waals surface area contributed by atoms with Gasteiger partial charge in [-0.15, -0.1) is 0 Å². The van der Waals surface area contributed by atoms with E-state index in [1.807, 2.05) is 24.3 Å². The van der Waals surface area contributed by atoms with Gasteiger partial charge in [0.1, 0.15) is 5.75 Å². The minimum absolute atomic E-state index is 0.0165. The molecule has 1 atom stereocenters. The minimum Gasteiger partial charge on any atom is -0.484 e. The van der Waals surface area contributed by atoms with Crippen LogP contribution in [0.15, 0.2) is 48.6 Å². The van der Waals surface area contributed by atoms with E-state index in [2.05, 4.69) is 57.3 Å². The third-order valence-corrected chi connectivity index (χ3v) is 6.37. The topological polar surface area (TPSA) is 56.8 Å². The Bertz CT molecular complexity index is 953. The molecular formula is C24H30BNO4. The first kappa shape index (κ1) is 20.9. The van der Waals surface area contributed by atoms with Crippen LogP contribution in [0.1, 0.15) is 47.0 Å². The highest BCUT2D eigenvalue weighted by molar-refractivity contribution is 6.62. The molecule has 2 aromatic carbocycles. The Morgan fingerprint density at radius 3 is 2.50 bits per heavy atom. The lowest BCUT2D eigenvalue weighted by Gasteiger charge is -2.32. The van der Waals surface area contributed by atoms with E-state index in [4.69, 9.17) is 14.0 Å². The van der Waals surface area contributed by atoms with Gasteiger partial charge in [0.05, 0.1) is 11.2 Å². The molecule has 1 saturated heterocycles. The SMILES string of the molecule is CC1(C)OB(c2ccc3ccc(OCC(=O)NC4CC=CCC4)cc3c2)OC1(C)C. The van der Waals surface area contributed by atoms with E-state index in [-0.39, 0.29) is 29.8 Å². The molecule has 1 amide bonds. The second kappa shape index (κ2) is 8.08. The van der Waals surface area contributed by atoms with Crippen LogP contribution >= 0.6 is 0 Å². The Morgan fingerprint density at radius 2 is 1.80 bits per heavy atom. The van der Waals surface area contributed by atoms with E-state index in [9.17, 15) is 4.79 Å². The summed E-state index contributed by atoms with van der Waals surface area (Å²) in [6.07, 6.45) is 7.17. The molecular weight excluding hydrogens is 377 g/mol. The molecule has 1 N–H and O–H groups in total. The van der Waals surface area contributed by atoms with Crippen LogP contribution in [0.25, 0.3) is 10.8 Å². The predicted molar refractivity (Wildman–Crippen MR) is 120 cm³/mol. The largest absolute Gasteiger partial charge is 0.494 e. The standard InChI is InChI=1S/C24H30BNO4/c1-23(2)24(3,4)30-25(29-23)19-12-10-17-11-13-21(15-18(17)14-19)28-16-22(27)26-20-8-6-5-7-9-20/h5-6,10-15,20H,7-9,16H2,1-4H3,(H,26,27). The highest BCUT2D eigenvalue weighted by Crippen LogP contribution is 2.36. The lowest BCUT2D eigenvalue weighted by molar-refractivity contribution is -0.123. The van der Waals surface area contributed by atoms with E-state index >= 15 is 0 Å². The summed E-state index contributed by atoms with van der Waals surface area (Å²) in [6.45, 7) is 8.22. The van der Waals surface area contributed by atoms with Crippen molar-refractivity contribution in [3.05, 3.63) is 48.6 Å². The minimum atomic E-state index is -0.403. The van der Waals surface area contributed by atoms with Crippen LogP contribution in [0.3, 0.4) is 0 Å². The highest BCUT2D eigenvalue weighted by Gasteiger charge is 2.51. The Labute approximate surface area is 178 Å². The highest BCUT2D eigenvalue weighted by atomic mass is 16.7. The van der Waals surface area contributed by atoms with Crippen LogP contribution in [0, 0.1) is 0 Å². The molecule has 1 fully saturated rings. The van der Waals surface area contributed by atoms with Crippen LogP contribution in [-0.2, 0) is 14.1 Å². The van der Waals surface area contributed by atoms with Crippen molar-refractivity contribution in [3.8, 4) is 5.75 Å². The second-order valence-electron chi connectivity index (χ2n) is 9.19. The van der Waals surface area contributed by atoms with Gasteiger partial charge in [-0.1, -0.05) is 36.4 Å². The van der Waals surface area contributed by atoms with Crippen LogP contribution in [0.5, 0.6) is 5.75 Å². The van der Waals surface area contributed by atoms with Crippen molar-refractivity contribution in [2.75, 3.05) is 6.61 Å². The summed E-state index contributed by atoms with van der Waals surface area (Å²) in [7, 11) is -0.403. The molecule has 1 heterocycles. The van der Waals surface area contributed by atoms with Crippen LogP contribution in [0.4, 0.5) is 0 Å². The zero-order chi connectivity index (χ0) is 21.4. The van der Waals surface area contributed by atoms with Crippen molar-refractivity contribution in [2.45, 2.75) is 64.2 Å². The predicted octanol–water partition coefficient (Wildman–Crippen LogP) is 3.74. The van der Waals surface area contributed by atoms with Crippen molar-refractivity contribution < 1.29 is 18.8 Å². The van der Waals surface area contributed by atoms with Crippen molar-refractivity contribution in [2.24, 2.45) is 0 Å². The maximum atomic E-state index is 12.2. The molecule has 2 aliphatic rings. The normalized spacial score (nSPS) is 22.3. The van der Waals surface area contributed by atoms with Gasteiger partial charge in [-0.05, 0) is 75.3 Å². The molecule has 2 aromatic rings. The fraction of sp³-hybridized carbons (Fsp3) is 0.458. The molecule has 158 valence electrons. The van der Waals surface area contributed by atoms with Gasteiger partial charge in [-0.3, -0.25) is 4.79 Å². The molecule has 0 saturated carbocycles. The molecule has 0 bridgehead atoms. The molecule has 1 aliphatic heterocycles. The number of carbonyl (C=O) groups excluding carboxylic acids is 1. The van der Waals surface area contributed by atoms with Gasteiger partial charge in [0.25, 0.3) is 5.91 Å². The number of benzene rings is 2. The van der Waals surface area contributed by atoms with Crippen LogP contribution in [0.2, 0.25) is 0 Å². The zero-order valence-electron chi connectivity index (χ0n) is 18.2. The first-order valence-electron chi connectivity index (χ1n) is 10.7. The number of allylic oxidation sites excluding steroid dienone is 1. The lowest BCUT2D eigenvalue weighted by atomic mass is 9.78. The smallest absolute Gasteiger partial charge is 0.484 e. The summed E-state index contributed by atoms with van der Waals surface area (Å²) in [5.41, 5.74) is 0.222. The van der Waals surface area contributed by atoms with Crippen molar-refractivity contribution >= 4 is 29.3 Å². The molecule has 1 unspecified atom stereocenters. The van der Waals surface area contributed by atoms with Crippen LogP contribution < -0.4 is 15.5 Å². The Morgan fingerprint density at radius 1 is 1.07 bits per heavy atom. The van der Waals surface area contributed by atoms with Crippen LogP contribution in [-0.4, -0.2) is 36.9 Å². The molecule has 6 heteroatoms. The van der Waals surface area contributed by atoms with E-state index in [0.29, 0.717) is 5.75 Å². The number of ether oxygens (including phenoxy) is 1. The maximum absolute atomic E-state index is 12.2. The maximum Gasteiger partial charge on any atom is 0.494 e. The molecule has 0 radical (unpaired) electrons. The number of amides is 1. The van der Waals surface area contributed by atoms with Crippen molar-refractivity contribution in [3.63, 3.8) is 0 Å². The third kappa shape index (κ3) is 4.40. The average molecular weight is 407 g/mol. The number of carbonyl (C=O) groups is 1. The first-order valence-corrected chi connectivity index (χ1v) is 10.7. The van der Waals surface area contributed by atoms with Gasteiger partial charge in [0.15, 0.2) is 6.61 Å². The van der Waals surface area contributed by atoms with E-state index < -0.39 is 7.12 Å². The Hall–Kier alpha value is -2.31. The molecule has 30 heavy (non-hydrogen) atoms. The molecule has 1 aliphatic carbocycles. The van der Waals surface area contributed by atoms with E-state index in [0.717, 1.165) is 35.5 Å². The number of nitrogens with one attached hydrogen (secondary N) is 1. The summed E-state index contributed by atoms with van der Waals surface area (Å²) in [5, 5.41) is 5.16. The zero-order valence-corrected chi connectivity index (χ0v) is 18.2. The average Bonchev–Trinajstić information content (AvgIpc) is 2.94. The van der Waals surface area contributed by atoms with Gasteiger partial charge in [0.2, 0.25) is 0 Å². The van der Waals surface area contributed by atoms with Crippen molar-refractivity contribution in [1.82, 2.24) is 5.32 Å². The monoisotopic (exact) mass is 407 g/mol. The van der Waals surface area contributed by atoms with Gasteiger partial charge in [0, 0.05) is 6.04 Å². The van der Waals surface area contributed by atoms with E-state index in [1.54, 1.807) is 0 Å². The third-order valence-electron chi connectivity index (χ3n) is 6.37.